The molecule has 0 radical (unpaired) electrons. The van der Waals surface area contributed by atoms with Crippen LogP contribution in [0.25, 0.3) is 11.5 Å². The molecule has 0 atom stereocenters. The van der Waals surface area contributed by atoms with Crippen molar-refractivity contribution in [2.45, 2.75) is 38.1 Å². The first-order chi connectivity index (χ1) is 10.5. The van der Waals surface area contributed by atoms with Crippen molar-refractivity contribution in [3.8, 4) is 11.5 Å². The Bertz CT molecular complexity index is 701. The molecule has 0 unspecified atom stereocenters. The molecule has 1 fully saturated rings. The number of rotatable bonds is 5. The van der Waals surface area contributed by atoms with Crippen molar-refractivity contribution >= 4 is 23.2 Å². The van der Waals surface area contributed by atoms with Crippen LogP contribution in [0.5, 0.6) is 0 Å². The van der Waals surface area contributed by atoms with Crippen LogP contribution in [0.1, 0.15) is 30.7 Å². The topological polar surface area (TPSA) is 92.4 Å². The maximum atomic E-state index is 12.1. The number of aryl methyl sites for hydroxylation is 1. The Morgan fingerprint density at radius 1 is 1.50 bits per heavy atom. The first kappa shape index (κ1) is 14.8. The second-order valence-corrected chi connectivity index (χ2v) is 6.28. The standard InChI is InChI=1S/C15H16N2O4S/c1-9-11(16-13(21-9)10-3-6-22-8-10)7-12(18)17-15(14(19)20)4-2-5-15/h3,6,8H,2,4-5,7H2,1H3,(H,17,18)(H,19,20). The highest BCUT2D eigenvalue weighted by molar-refractivity contribution is 7.08. The minimum Gasteiger partial charge on any atom is -0.480 e. The molecule has 0 bridgehead atoms. The van der Waals surface area contributed by atoms with E-state index in [9.17, 15) is 14.7 Å². The van der Waals surface area contributed by atoms with Crippen LogP contribution >= 0.6 is 11.3 Å². The van der Waals surface area contributed by atoms with E-state index in [1.807, 2.05) is 16.8 Å². The number of hydrogen-bond donors (Lipinski definition) is 2. The highest BCUT2D eigenvalue weighted by Crippen LogP contribution is 2.32. The minimum atomic E-state index is -1.09. The summed E-state index contributed by atoms with van der Waals surface area (Å²) in [5, 5.41) is 15.7. The van der Waals surface area contributed by atoms with Crippen LogP contribution in [0.15, 0.2) is 21.2 Å². The molecule has 2 heterocycles. The number of carboxylic acid groups (broad SMARTS) is 1. The van der Waals surface area contributed by atoms with Gasteiger partial charge in [0.2, 0.25) is 11.8 Å². The van der Waals surface area contributed by atoms with Gasteiger partial charge in [0.05, 0.1) is 12.1 Å². The summed E-state index contributed by atoms with van der Waals surface area (Å²) in [6.45, 7) is 1.75. The van der Waals surface area contributed by atoms with Gasteiger partial charge in [-0.3, -0.25) is 4.79 Å². The average molecular weight is 320 g/mol. The van der Waals surface area contributed by atoms with Gasteiger partial charge in [-0.05, 0) is 37.6 Å². The summed E-state index contributed by atoms with van der Waals surface area (Å²) >= 11 is 1.54. The van der Waals surface area contributed by atoms with Crippen molar-refractivity contribution in [3.05, 3.63) is 28.3 Å². The van der Waals surface area contributed by atoms with Crippen molar-refractivity contribution in [2.75, 3.05) is 0 Å². The number of aromatic nitrogens is 1. The number of thiophene rings is 1. The van der Waals surface area contributed by atoms with Gasteiger partial charge < -0.3 is 14.8 Å². The predicted octanol–water partition coefficient (Wildman–Crippen LogP) is 2.38. The molecule has 3 rings (SSSR count). The Kier molecular flexibility index (Phi) is 3.74. The first-order valence-electron chi connectivity index (χ1n) is 7.03. The Morgan fingerprint density at radius 2 is 2.27 bits per heavy atom. The van der Waals surface area contributed by atoms with E-state index >= 15 is 0 Å². The zero-order valence-electron chi connectivity index (χ0n) is 12.1. The lowest BCUT2D eigenvalue weighted by Crippen LogP contribution is -2.59. The molecular formula is C15H16N2O4S. The van der Waals surface area contributed by atoms with E-state index in [1.54, 1.807) is 18.3 Å². The van der Waals surface area contributed by atoms with Gasteiger partial charge in [0.15, 0.2) is 0 Å². The molecule has 22 heavy (non-hydrogen) atoms. The number of carboxylic acids is 1. The summed E-state index contributed by atoms with van der Waals surface area (Å²) in [5.74, 6) is -0.245. The monoisotopic (exact) mass is 320 g/mol. The smallest absolute Gasteiger partial charge is 0.329 e. The summed E-state index contributed by atoms with van der Waals surface area (Å²) in [6, 6.07) is 1.90. The molecule has 6 nitrogen and oxygen atoms in total. The molecular weight excluding hydrogens is 304 g/mol. The molecule has 116 valence electrons. The second kappa shape index (κ2) is 5.57. The lowest BCUT2D eigenvalue weighted by molar-refractivity contribution is -0.151. The lowest BCUT2D eigenvalue weighted by atomic mass is 9.76. The molecule has 0 aliphatic heterocycles. The number of amides is 1. The molecule has 7 heteroatoms. The third-order valence-corrected chi connectivity index (χ3v) is 4.67. The zero-order chi connectivity index (χ0) is 15.7. The molecule has 2 aromatic rings. The summed E-state index contributed by atoms with van der Waals surface area (Å²) in [6.07, 6.45) is 1.80. The fourth-order valence-corrected chi connectivity index (χ4v) is 3.12. The average Bonchev–Trinajstić information content (AvgIpc) is 3.04. The highest BCUT2D eigenvalue weighted by atomic mass is 32.1. The molecule has 1 saturated carbocycles. The zero-order valence-corrected chi connectivity index (χ0v) is 12.9. The van der Waals surface area contributed by atoms with Crippen LogP contribution in [0.3, 0.4) is 0 Å². The van der Waals surface area contributed by atoms with E-state index in [-0.39, 0.29) is 12.3 Å². The van der Waals surface area contributed by atoms with Gasteiger partial charge in [-0.2, -0.15) is 11.3 Å². The van der Waals surface area contributed by atoms with Gasteiger partial charge in [0.25, 0.3) is 0 Å². The van der Waals surface area contributed by atoms with Crippen molar-refractivity contribution in [2.24, 2.45) is 0 Å². The van der Waals surface area contributed by atoms with Crippen molar-refractivity contribution < 1.29 is 19.1 Å². The van der Waals surface area contributed by atoms with Gasteiger partial charge in [0, 0.05) is 10.9 Å². The van der Waals surface area contributed by atoms with Crippen molar-refractivity contribution in [1.29, 1.82) is 0 Å². The fourth-order valence-electron chi connectivity index (χ4n) is 2.49. The Morgan fingerprint density at radius 3 is 2.82 bits per heavy atom. The molecule has 1 aliphatic carbocycles. The van der Waals surface area contributed by atoms with Crippen LogP contribution in [-0.2, 0) is 16.0 Å². The van der Waals surface area contributed by atoms with E-state index in [2.05, 4.69) is 10.3 Å². The van der Waals surface area contributed by atoms with Gasteiger partial charge in [-0.15, -0.1) is 0 Å². The summed E-state index contributed by atoms with van der Waals surface area (Å²) in [5.41, 5.74) is 0.324. The maximum absolute atomic E-state index is 12.1. The third kappa shape index (κ3) is 2.64. The molecule has 1 amide bonds. The van der Waals surface area contributed by atoms with Gasteiger partial charge in [-0.1, -0.05) is 0 Å². The number of nitrogens with zero attached hydrogens (tertiary/aromatic N) is 1. The van der Waals surface area contributed by atoms with Gasteiger partial charge in [0.1, 0.15) is 11.3 Å². The molecule has 2 N–H and O–H groups in total. The Hall–Kier alpha value is -2.15. The molecule has 0 spiro atoms. The van der Waals surface area contributed by atoms with Crippen LogP contribution in [0.4, 0.5) is 0 Å². The SMILES string of the molecule is Cc1oc(-c2ccsc2)nc1CC(=O)NC1(C(=O)O)CCC1. The molecule has 1 aliphatic rings. The molecule has 0 saturated heterocycles. The molecule has 2 aromatic heterocycles. The van der Waals surface area contributed by atoms with Crippen LogP contribution < -0.4 is 5.32 Å². The maximum Gasteiger partial charge on any atom is 0.329 e. The quantitative estimate of drug-likeness (QED) is 0.882. The highest BCUT2D eigenvalue weighted by Gasteiger charge is 2.45. The Balaban J connectivity index is 1.71. The lowest BCUT2D eigenvalue weighted by Gasteiger charge is -2.38. The number of carbonyl (C=O) groups is 2. The van der Waals surface area contributed by atoms with E-state index < -0.39 is 11.5 Å². The van der Waals surface area contributed by atoms with Gasteiger partial charge in [-0.25, -0.2) is 9.78 Å². The fraction of sp³-hybridized carbons (Fsp3) is 0.400. The summed E-state index contributed by atoms with van der Waals surface area (Å²) in [7, 11) is 0. The van der Waals surface area contributed by atoms with Crippen molar-refractivity contribution in [1.82, 2.24) is 10.3 Å². The predicted molar refractivity (Wildman–Crippen MR) is 80.6 cm³/mol. The number of carbonyl (C=O) groups excluding carboxylic acids is 1. The number of aliphatic carboxylic acids is 1. The van der Waals surface area contributed by atoms with Crippen LogP contribution in [-0.4, -0.2) is 27.5 Å². The van der Waals surface area contributed by atoms with Crippen LogP contribution in [0, 0.1) is 6.92 Å². The minimum absolute atomic E-state index is 0.0223. The van der Waals surface area contributed by atoms with Crippen molar-refractivity contribution in [3.63, 3.8) is 0 Å². The van der Waals surface area contributed by atoms with E-state index in [0.29, 0.717) is 30.2 Å². The van der Waals surface area contributed by atoms with Gasteiger partial charge >= 0.3 is 5.97 Å². The van der Waals surface area contributed by atoms with E-state index in [0.717, 1.165) is 12.0 Å². The summed E-state index contributed by atoms with van der Waals surface area (Å²) in [4.78, 5) is 27.7. The number of hydrogen-bond acceptors (Lipinski definition) is 5. The van der Waals surface area contributed by atoms with E-state index in [4.69, 9.17) is 4.42 Å². The second-order valence-electron chi connectivity index (χ2n) is 5.50. The van der Waals surface area contributed by atoms with E-state index in [1.165, 1.54) is 0 Å². The Labute approximate surface area is 131 Å². The van der Waals surface area contributed by atoms with Crippen LogP contribution in [0.2, 0.25) is 0 Å². The number of nitrogens with one attached hydrogen (secondary N) is 1. The third-order valence-electron chi connectivity index (χ3n) is 3.98. The molecule has 0 aromatic carbocycles. The largest absolute Gasteiger partial charge is 0.480 e. The normalized spacial score (nSPS) is 16.0. The number of oxazole rings is 1. The first-order valence-corrected chi connectivity index (χ1v) is 7.98. The summed E-state index contributed by atoms with van der Waals surface area (Å²) < 4.78 is 5.58.